The Morgan fingerprint density at radius 3 is 2.04 bits per heavy atom. The normalized spacial score (nSPS) is 12.8. The lowest BCUT2D eigenvalue weighted by Crippen LogP contribution is -2.17. The van der Waals surface area contributed by atoms with Gasteiger partial charge in [-0.3, -0.25) is 0 Å². The van der Waals surface area contributed by atoms with Crippen LogP contribution in [0.1, 0.15) is 17.0 Å². The van der Waals surface area contributed by atoms with Crippen LogP contribution in [-0.2, 0) is 12.4 Å². The maximum Gasteiger partial charge on any atom is 0.433 e. The Morgan fingerprint density at radius 2 is 1.50 bits per heavy atom. The van der Waals surface area contributed by atoms with E-state index in [1.54, 1.807) is 24.3 Å². The molecule has 3 rings (SSSR count). The fourth-order valence-electron chi connectivity index (χ4n) is 2.19. The molecule has 0 amide bonds. The number of nitrogens with zero attached hydrogens (tertiary/aromatic N) is 3. The van der Waals surface area contributed by atoms with Crippen LogP contribution in [0.4, 0.5) is 26.3 Å². The van der Waals surface area contributed by atoms with Crippen molar-refractivity contribution in [3.8, 4) is 11.3 Å². The third-order valence-corrected chi connectivity index (χ3v) is 3.36. The fraction of sp³-hybridized carbons (Fsp3) is 0.200. The van der Waals surface area contributed by atoms with Crippen molar-refractivity contribution in [3.05, 3.63) is 53.3 Å². The zero-order chi connectivity index (χ0) is 17.7. The molecule has 0 radical (unpaired) electrons. The van der Waals surface area contributed by atoms with Crippen LogP contribution in [0.15, 0.2) is 36.4 Å². The van der Waals surface area contributed by atoms with Crippen LogP contribution in [0.5, 0.6) is 0 Å². The summed E-state index contributed by atoms with van der Waals surface area (Å²) in [4.78, 5) is 3.26. The molecule has 0 aliphatic carbocycles. The van der Waals surface area contributed by atoms with Gasteiger partial charge in [-0.1, -0.05) is 29.8 Å². The molecule has 126 valence electrons. The van der Waals surface area contributed by atoms with E-state index in [1.807, 2.05) is 6.92 Å². The second-order valence-electron chi connectivity index (χ2n) is 5.19. The highest BCUT2D eigenvalue weighted by Gasteiger charge is 2.40. The van der Waals surface area contributed by atoms with Crippen molar-refractivity contribution in [2.24, 2.45) is 0 Å². The molecule has 3 aromatic rings. The fourth-order valence-corrected chi connectivity index (χ4v) is 2.19. The molecule has 9 heteroatoms. The van der Waals surface area contributed by atoms with Crippen molar-refractivity contribution in [2.75, 3.05) is 0 Å². The molecule has 0 aliphatic heterocycles. The van der Waals surface area contributed by atoms with Crippen LogP contribution in [0.2, 0.25) is 0 Å². The lowest BCUT2D eigenvalue weighted by Gasteiger charge is -2.12. The van der Waals surface area contributed by atoms with Gasteiger partial charge in [-0.15, -0.1) is 0 Å². The zero-order valence-electron chi connectivity index (χ0n) is 12.1. The number of hydrogen-bond donors (Lipinski definition) is 0. The SMILES string of the molecule is Cc1ccc(-c2cc3nc(C(F)(F)F)cc(C(F)(F)F)n3n2)cc1. The van der Waals surface area contributed by atoms with Gasteiger partial charge in [0, 0.05) is 11.6 Å². The molecule has 1 aromatic carbocycles. The Kier molecular flexibility index (Phi) is 3.54. The largest absolute Gasteiger partial charge is 0.433 e. The Hall–Kier alpha value is -2.58. The van der Waals surface area contributed by atoms with Gasteiger partial charge in [-0.25, -0.2) is 9.50 Å². The average Bonchev–Trinajstić information content (AvgIpc) is 2.88. The van der Waals surface area contributed by atoms with E-state index in [4.69, 9.17) is 0 Å². The van der Waals surface area contributed by atoms with Gasteiger partial charge in [0.15, 0.2) is 11.3 Å². The Morgan fingerprint density at radius 1 is 0.875 bits per heavy atom. The first-order chi connectivity index (χ1) is 11.1. The van der Waals surface area contributed by atoms with Crippen LogP contribution in [0, 0.1) is 6.92 Å². The van der Waals surface area contributed by atoms with Crippen LogP contribution in [-0.4, -0.2) is 14.6 Å². The molecule has 0 aliphatic rings. The van der Waals surface area contributed by atoms with E-state index in [0.717, 1.165) is 11.6 Å². The van der Waals surface area contributed by atoms with Crippen LogP contribution < -0.4 is 0 Å². The van der Waals surface area contributed by atoms with Gasteiger partial charge < -0.3 is 0 Å². The predicted molar refractivity (Wildman–Crippen MR) is 73.2 cm³/mol. The first kappa shape index (κ1) is 16.3. The quantitative estimate of drug-likeness (QED) is 0.596. The summed E-state index contributed by atoms with van der Waals surface area (Å²) >= 11 is 0. The molecule has 2 heterocycles. The summed E-state index contributed by atoms with van der Waals surface area (Å²) in [6.07, 6.45) is -9.99. The summed E-state index contributed by atoms with van der Waals surface area (Å²) in [6, 6.07) is 7.73. The van der Waals surface area contributed by atoms with Crippen molar-refractivity contribution in [3.63, 3.8) is 0 Å². The molecule has 2 aromatic heterocycles. The molecule has 24 heavy (non-hydrogen) atoms. The standard InChI is InChI=1S/C15H9F6N3/c1-8-2-4-9(5-3-8)10-6-13-22-11(14(16,17)18)7-12(15(19,20)21)24(13)23-10/h2-7H,1H3. The molecule has 0 bridgehead atoms. The van der Waals surface area contributed by atoms with Crippen molar-refractivity contribution in [2.45, 2.75) is 19.3 Å². The number of alkyl halides is 6. The van der Waals surface area contributed by atoms with Gasteiger partial charge in [-0.2, -0.15) is 31.4 Å². The van der Waals surface area contributed by atoms with Crippen molar-refractivity contribution in [1.82, 2.24) is 14.6 Å². The lowest BCUT2D eigenvalue weighted by molar-refractivity contribution is -0.148. The van der Waals surface area contributed by atoms with E-state index in [1.165, 1.54) is 0 Å². The third-order valence-electron chi connectivity index (χ3n) is 3.36. The molecule has 0 saturated heterocycles. The minimum atomic E-state index is -5.00. The maximum absolute atomic E-state index is 13.1. The minimum absolute atomic E-state index is 0.0427. The smallest absolute Gasteiger partial charge is 0.224 e. The zero-order valence-corrected chi connectivity index (χ0v) is 12.1. The van der Waals surface area contributed by atoms with Crippen molar-refractivity contribution in [1.29, 1.82) is 0 Å². The number of aryl methyl sites for hydroxylation is 1. The predicted octanol–water partition coefficient (Wildman–Crippen LogP) is 4.74. The van der Waals surface area contributed by atoms with E-state index < -0.39 is 29.4 Å². The second kappa shape index (κ2) is 5.22. The van der Waals surface area contributed by atoms with Crippen LogP contribution in [0.3, 0.4) is 0 Å². The Bertz CT molecular complexity index is 890. The number of rotatable bonds is 1. The van der Waals surface area contributed by atoms with E-state index in [0.29, 0.717) is 10.1 Å². The number of hydrogen-bond acceptors (Lipinski definition) is 2. The van der Waals surface area contributed by atoms with Gasteiger partial charge in [0.25, 0.3) is 0 Å². The molecule has 3 nitrogen and oxygen atoms in total. The molecule has 0 unspecified atom stereocenters. The van der Waals surface area contributed by atoms with Crippen molar-refractivity contribution < 1.29 is 26.3 Å². The van der Waals surface area contributed by atoms with E-state index in [-0.39, 0.29) is 11.8 Å². The third kappa shape index (κ3) is 2.93. The summed E-state index contributed by atoms with van der Waals surface area (Å²) in [5, 5.41) is 3.77. The first-order valence-corrected chi connectivity index (χ1v) is 6.68. The molecule has 0 fully saturated rings. The minimum Gasteiger partial charge on any atom is -0.224 e. The summed E-state index contributed by atoms with van der Waals surface area (Å²) in [5.41, 5.74) is -2.15. The molecule has 0 saturated carbocycles. The van der Waals surface area contributed by atoms with Gasteiger partial charge in [0.1, 0.15) is 5.69 Å². The summed E-state index contributed by atoms with van der Waals surface area (Å²) in [5.74, 6) is 0. The monoisotopic (exact) mass is 345 g/mol. The summed E-state index contributed by atoms with van der Waals surface area (Å²) in [7, 11) is 0. The first-order valence-electron chi connectivity index (χ1n) is 6.68. The number of benzene rings is 1. The summed E-state index contributed by atoms with van der Waals surface area (Å²) in [6.45, 7) is 1.83. The highest BCUT2D eigenvalue weighted by Crippen LogP contribution is 2.35. The topological polar surface area (TPSA) is 30.2 Å². The van der Waals surface area contributed by atoms with E-state index >= 15 is 0 Å². The van der Waals surface area contributed by atoms with Gasteiger partial charge >= 0.3 is 12.4 Å². The van der Waals surface area contributed by atoms with E-state index in [2.05, 4.69) is 10.1 Å². The van der Waals surface area contributed by atoms with Crippen molar-refractivity contribution >= 4 is 5.65 Å². The second-order valence-corrected chi connectivity index (χ2v) is 5.19. The Balaban J connectivity index is 2.26. The van der Waals surface area contributed by atoms with Crippen LogP contribution in [0.25, 0.3) is 16.9 Å². The summed E-state index contributed by atoms with van der Waals surface area (Å²) < 4.78 is 78.1. The highest BCUT2D eigenvalue weighted by molar-refractivity contribution is 5.64. The highest BCUT2D eigenvalue weighted by atomic mass is 19.4. The van der Waals surface area contributed by atoms with Gasteiger partial charge in [0.05, 0.1) is 5.69 Å². The average molecular weight is 345 g/mol. The van der Waals surface area contributed by atoms with Gasteiger partial charge in [0.2, 0.25) is 0 Å². The van der Waals surface area contributed by atoms with Crippen LogP contribution >= 0.6 is 0 Å². The molecule has 0 atom stereocenters. The van der Waals surface area contributed by atoms with Gasteiger partial charge in [-0.05, 0) is 13.0 Å². The molecule has 0 spiro atoms. The number of aromatic nitrogens is 3. The lowest BCUT2D eigenvalue weighted by atomic mass is 10.1. The van der Waals surface area contributed by atoms with E-state index in [9.17, 15) is 26.3 Å². The Labute approximate surface area is 131 Å². The molecule has 0 N–H and O–H groups in total. The molecular weight excluding hydrogens is 336 g/mol. The molecular formula is C15H9F6N3. The number of halogens is 6. The maximum atomic E-state index is 13.1. The number of fused-ring (bicyclic) bond motifs is 1.